The molecule has 1 aliphatic rings. The first-order valence-corrected chi connectivity index (χ1v) is 5.76. The van der Waals surface area contributed by atoms with E-state index in [-0.39, 0.29) is 6.54 Å². The van der Waals surface area contributed by atoms with Crippen molar-refractivity contribution in [1.29, 1.82) is 0 Å². The van der Waals surface area contributed by atoms with E-state index < -0.39 is 58.9 Å². The highest BCUT2D eigenvalue weighted by Gasteiger charge is 2.33. The number of aliphatic hydroxyl groups excluding tert-OH is 1. The van der Waals surface area contributed by atoms with Crippen LogP contribution in [-0.4, -0.2) is 35.0 Å². The van der Waals surface area contributed by atoms with Crippen LogP contribution in [0.2, 0.25) is 0 Å². The minimum Gasteiger partial charge on any atom is -0.395 e. The summed E-state index contributed by atoms with van der Waals surface area (Å²) in [7, 11) is 0. The van der Waals surface area contributed by atoms with Gasteiger partial charge in [-0.2, -0.15) is 0 Å². The number of halogens is 5. The van der Waals surface area contributed by atoms with E-state index in [0.29, 0.717) is 11.0 Å². The van der Waals surface area contributed by atoms with E-state index in [4.69, 9.17) is 5.11 Å². The molecule has 0 aliphatic carbocycles. The summed E-state index contributed by atoms with van der Waals surface area (Å²) in [4.78, 5) is 23.7. The molecule has 22 heavy (non-hydrogen) atoms. The van der Waals surface area contributed by atoms with E-state index in [2.05, 4.69) is 0 Å². The fraction of sp³-hybridized carbons (Fsp3) is 0.167. The number of carbonyl (C=O) groups is 2. The third-order valence-electron chi connectivity index (χ3n) is 2.80. The average molecular weight is 322 g/mol. The van der Waals surface area contributed by atoms with Gasteiger partial charge in [0.05, 0.1) is 13.2 Å². The number of nitrogens with one attached hydrogen (secondary N) is 1. The molecular weight excluding hydrogens is 315 g/mol. The van der Waals surface area contributed by atoms with Crippen LogP contribution in [0.1, 0.15) is 0 Å². The number of β-amino-alcohol motifs (C(OH)–C–C–N with tert-alkyl or cyclic N) is 1. The van der Waals surface area contributed by atoms with Crippen LogP contribution in [0.5, 0.6) is 0 Å². The number of hydrogen-bond acceptors (Lipinski definition) is 4. The number of aliphatic hydroxyl groups is 1. The number of rotatable bonds is 4. The third-order valence-corrected chi connectivity index (χ3v) is 2.80. The van der Waals surface area contributed by atoms with Crippen molar-refractivity contribution in [2.24, 2.45) is 0 Å². The van der Waals surface area contributed by atoms with Gasteiger partial charge in [-0.05, 0) is 0 Å². The van der Waals surface area contributed by atoms with E-state index in [9.17, 15) is 31.5 Å². The lowest BCUT2D eigenvalue weighted by atomic mass is 10.2. The van der Waals surface area contributed by atoms with Gasteiger partial charge in [0.1, 0.15) is 11.4 Å². The maximum absolute atomic E-state index is 13.5. The molecule has 0 aromatic heterocycles. The van der Waals surface area contributed by atoms with Crippen molar-refractivity contribution in [3.8, 4) is 0 Å². The summed E-state index contributed by atoms with van der Waals surface area (Å²) in [6.07, 6.45) is 0.621. The maximum atomic E-state index is 13.5. The van der Waals surface area contributed by atoms with Gasteiger partial charge in [0, 0.05) is 6.08 Å². The molecule has 0 radical (unpaired) electrons. The zero-order chi connectivity index (χ0) is 16.6. The molecule has 0 bridgehead atoms. The molecule has 1 aromatic carbocycles. The van der Waals surface area contributed by atoms with Crippen LogP contribution in [-0.2, 0) is 9.59 Å². The second kappa shape index (κ2) is 5.72. The zero-order valence-corrected chi connectivity index (χ0v) is 10.6. The Hall–Kier alpha value is -2.49. The normalized spacial score (nSPS) is 14.6. The van der Waals surface area contributed by atoms with Gasteiger partial charge < -0.3 is 10.4 Å². The molecule has 118 valence electrons. The molecule has 2 amide bonds. The standard InChI is InChI=1S/C12H7F5N2O3/c13-6-7(14)9(16)11(10(17)8(6)15)18-4-3-5(21)19(1-2-20)12(4)22/h3,18,20H,1-2H2. The minimum atomic E-state index is -2.34. The van der Waals surface area contributed by atoms with E-state index in [1.807, 2.05) is 0 Å². The van der Waals surface area contributed by atoms with Gasteiger partial charge in [-0.1, -0.05) is 0 Å². The first-order valence-electron chi connectivity index (χ1n) is 5.76. The minimum absolute atomic E-state index is 0.379. The number of hydrogen-bond donors (Lipinski definition) is 2. The molecule has 0 spiro atoms. The monoisotopic (exact) mass is 322 g/mol. The summed E-state index contributed by atoms with van der Waals surface area (Å²) >= 11 is 0. The summed E-state index contributed by atoms with van der Waals surface area (Å²) in [5.41, 5.74) is -2.13. The van der Waals surface area contributed by atoms with Gasteiger partial charge in [0.15, 0.2) is 23.3 Å². The first-order chi connectivity index (χ1) is 10.3. The Labute approximate surface area is 119 Å². The lowest BCUT2D eigenvalue weighted by Gasteiger charge is -2.14. The number of amides is 2. The molecule has 2 rings (SSSR count). The Morgan fingerprint density at radius 2 is 1.45 bits per heavy atom. The van der Waals surface area contributed by atoms with Crippen molar-refractivity contribution in [3.05, 3.63) is 40.9 Å². The van der Waals surface area contributed by atoms with Gasteiger partial charge >= 0.3 is 0 Å². The van der Waals surface area contributed by atoms with Crippen LogP contribution in [0.3, 0.4) is 0 Å². The first kappa shape index (κ1) is 15.9. The molecule has 0 saturated carbocycles. The maximum Gasteiger partial charge on any atom is 0.277 e. The molecule has 0 saturated heterocycles. The molecule has 0 unspecified atom stereocenters. The van der Waals surface area contributed by atoms with Crippen LogP contribution < -0.4 is 5.32 Å². The van der Waals surface area contributed by atoms with Crippen molar-refractivity contribution in [2.75, 3.05) is 18.5 Å². The van der Waals surface area contributed by atoms with Gasteiger partial charge in [-0.15, -0.1) is 0 Å². The van der Waals surface area contributed by atoms with E-state index >= 15 is 0 Å². The number of nitrogens with zero attached hydrogens (tertiary/aromatic N) is 1. The molecule has 1 aromatic rings. The number of anilines is 1. The molecule has 1 aliphatic heterocycles. The van der Waals surface area contributed by atoms with Crippen LogP contribution in [0.25, 0.3) is 0 Å². The largest absolute Gasteiger partial charge is 0.395 e. The van der Waals surface area contributed by atoms with Crippen molar-refractivity contribution >= 4 is 17.5 Å². The van der Waals surface area contributed by atoms with Gasteiger partial charge in [-0.25, -0.2) is 22.0 Å². The fourth-order valence-electron chi connectivity index (χ4n) is 1.76. The Bertz CT molecular complexity index is 675. The topological polar surface area (TPSA) is 69.6 Å². The van der Waals surface area contributed by atoms with Crippen molar-refractivity contribution in [1.82, 2.24) is 4.90 Å². The summed E-state index contributed by atoms with van der Waals surface area (Å²) in [5, 5.41) is 10.4. The van der Waals surface area contributed by atoms with Crippen LogP contribution >= 0.6 is 0 Å². The van der Waals surface area contributed by atoms with Gasteiger partial charge in [0.25, 0.3) is 11.8 Å². The second-order valence-corrected chi connectivity index (χ2v) is 4.15. The highest BCUT2D eigenvalue weighted by atomic mass is 19.2. The van der Waals surface area contributed by atoms with Crippen LogP contribution in [0.4, 0.5) is 27.6 Å². The van der Waals surface area contributed by atoms with Crippen molar-refractivity contribution in [3.63, 3.8) is 0 Å². The lowest BCUT2D eigenvalue weighted by molar-refractivity contribution is -0.137. The summed E-state index contributed by atoms with van der Waals surface area (Å²) in [6.45, 7) is -0.933. The van der Waals surface area contributed by atoms with E-state index in [1.165, 1.54) is 0 Å². The van der Waals surface area contributed by atoms with Crippen molar-refractivity contribution < 1.29 is 36.6 Å². The molecule has 0 fully saturated rings. The van der Waals surface area contributed by atoms with E-state index in [1.54, 1.807) is 5.32 Å². The Balaban J connectivity index is 2.39. The Kier molecular flexibility index (Phi) is 4.13. The number of benzene rings is 1. The number of imide groups is 1. The molecular formula is C12H7F5N2O3. The lowest BCUT2D eigenvalue weighted by Crippen LogP contribution is -2.34. The van der Waals surface area contributed by atoms with Crippen LogP contribution in [0.15, 0.2) is 11.8 Å². The molecule has 2 N–H and O–H groups in total. The van der Waals surface area contributed by atoms with Crippen molar-refractivity contribution in [2.45, 2.75) is 0 Å². The highest BCUT2D eigenvalue weighted by Crippen LogP contribution is 2.29. The molecule has 1 heterocycles. The Morgan fingerprint density at radius 3 is 1.95 bits per heavy atom. The Morgan fingerprint density at radius 1 is 0.955 bits per heavy atom. The predicted molar refractivity (Wildman–Crippen MR) is 61.7 cm³/mol. The van der Waals surface area contributed by atoms with Gasteiger partial charge in [0.2, 0.25) is 5.82 Å². The highest BCUT2D eigenvalue weighted by molar-refractivity contribution is 6.17. The average Bonchev–Trinajstić information content (AvgIpc) is 2.75. The molecule has 10 heteroatoms. The van der Waals surface area contributed by atoms with Gasteiger partial charge in [-0.3, -0.25) is 14.5 Å². The summed E-state index contributed by atoms with van der Waals surface area (Å²) in [6, 6.07) is 0. The fourth-order valence-corrected chi connectivity index (χ4v) is 1.76. The summed E-state index contributed by atoms with van der Waals surface area (Å²) < 4.78 is 65.9. The third kappa shape index (κ3) is 2.41. The number of carbonyl (C=O) groups excluding carboxylic acids is 2. The molecule has 0 atom stereocenters. The SMILES string of the molecule is O=C1C=C(Nc2c(F)c(F)c(F)c(F)c2F)C(=O)N1CCO. The predicted octanol–water partition coefficient (Wildman–Crippen LogP) is 1.04. The molecule has 5 nitrogen and oxygen atoms in total. The van der Waals surface area contributed by atoms with E-state index in [0.717, 1.165) is 0 Å². The smallest absolute Gasteiger partial charge is 0.277 e. The van der Waals surface area contributed by atoms with Crippen LogP contribution in [0, 0.1) is 29.1 Å². The summed E-state index contributed by atoms with van der Waals surface area (Å²) in [5.74, 6) is -13.0. The second-order valence-electron chi connectivity index (χ2n) is 4.15. The quantitative estimate of drug-likeness (QED) is 0.376. The zero-order valence-electron chi connectivity index (χ0n) is 10.6.